The highest BCUT2D eigenvalue weighted by Crippen LogP contribution is 2.33. The summed E-state index contributed by atoms with van der Waals surface area (Å²) in [7, 11) is 1.55. The van der Waals surface area contributed by atoms with Crippen molar-refractivity contribution >= 4 is 22.6 Å². The summed E-state index contributed by atoms with van der Waals surface area (Å²) in [5.74, 6) is 0.394. The number of aromatic amines is 1. The van der Waals surface area contributed by atoms with Gasteiger partial charge in [-0.25, -0.2) is 14.4 Å². The first kappa shape index (κ1) is 21.5. The summed E-state index contributed by atoms with van der Waals surface area (Å²) in [5, 5.41) is 3.18. The highest BCUT2D eigenvalue weighted by Gasteiger charge is 2.19. The van der Waals surface area contributed by atoms with E-state index >= 15 is 4.39 Å². The Morgan fingerprint density at radius 2 is 2.00 bits per heavy atom. The molecule has 32 heavy (non-hydrogen) atoms. The first-order valence-electron chi connectivity index (χ1n) is 10.9. The minimum atomic E-state index is -0.375. The number of carbonyl (C=O) groups is 1. The molecule has 4 heterocycles. The number of nitrogens with zero attached hydrogens (tertiary/aromatic N) is 3. The van der Waals surface area contributed by atoms with Crippen molar-refractivity contribution in [1.29, 1.82) is 0 Å². The number of amides is 1. The normalized spacial score (nSPS) is 12.8. The van der Waals surface area contributed by atoms with Gasteiger partial charge < -0.3 is 20.6 Å². The van der Waals surface area contributed by atoms with Crippen LogP contribution < -0.4 is 11.1 Å². The maximum Gasteiger partial charge on any atom is 0.253 e. The van der Waals surface area contributed by atoms with E-state index in [4.69, 9.17) is 5.73 Å². The molecule has 0 bridgehead atoms. The molecule has 1 aliphatic heterocycles. The molecule has 0 unspecified atom stereocenters. The molecule has 0 fully saturated rings. The number of pyridine rings is 1. The molecule has 1 amide bonds. The van der Waals surface area contributed by atoms with E-state index in [9.17, 15) is 4.79 Å². The molecule has 1 aromatic carbocycles. The van der Waals surface area contributed by atoms with Crippen molar-refractivity contribution < 1.29 is 9.18 Å². The molecule has 7 nitrogen and oxygen atoms in total. The lowest BCUT2D eigenvalue weighted by molar-refractivity contribution is 0.0964. The van der Waals surface area contributed by atoms with Crippen molar-refractivity contribution in [3.05, 3.63) is 53.7 Å². The summed E-state index contributed by atoms with van der Waals surface area (Å²) in [6.45, 7) is 4.91. The molecule has 0 saturated carbocycles. The van der Waals surface area contributed by atoms with Gasteiger partial charge in [0.05, 0.1) is 11.1 Å². The monoisotopic (exact) mass is 434 g/mol. The molecule has 8 heteroatoms. The van der Waals surface area contributed by atoms with Gasteiger partial charge in [0, 0.05) is 53.9 Å². The smallest absolute Gasteiger partial charge is 0.253 e. The standard InChI is InChI=1S/C22H21FN6O.C2H6/c1-25-22(30)16-11-26-20(24)19-15(16)9-18(28-19)14-6-5-12(8-17(14)23)21-27-10-13-4-2-3-7-29(13)21;1-2/h5-6,8-11,28H,2-4,7H2,1H3,(H2,24,26)(H,25,30);1-2H3. The van der Waals surface area contributed by atoms with Gasteiger partial charge in [0.15, 0.2) is 0 Å². The maximum atomic E-state index is 15.1. The van der Waals surface area contributed by atoms with Crippen LogP contribution in [0.2, 0.25) is 0 Å². The minimum absolute atomic E-state index is 0.255. The fraction of sp³-hybridized carbons (Fsp3) is 0.292. The van der Waals surface area contributed by atoms with Crippen LogP contribution in [-0.4, -0.2) is 32.5 Å². The van der Waals surface area contributed by atoms with E-state index in [1.165, 1.54) is 18.0 Å². The van der Waals surface area contributed by atoms with Gasteiger partial charge in [-0.2, -0.15) is 0 Å². The Morgan fingerprint density at radius 3 is 2.75 bits per heavy atom. The predicted molar refractivity (Wildman–Crippen MR) is 125 cm³/mol. The number of hydrogen-bond donors (Lipinski definition) is 3. The number of aromatic nitrogens is 4. The number of carbonyl (C=O) groups excluding carboxylic acids is 1. The van der Waals surface area contributed by atoms with E-state index in [0.717, 1.165) is 37.2 Å². The van der Waals surface area contributed by atoms with Gasteiger partial charge in [0.1, 0.15) is 17.5 Å². The van der Waals surface area contributed by atoms with Crippen molar-refractivity contribution in [2.24, 2.45) is 0 Å². The third kappa shape index (κ3) is 3.62. The molecule has 0 radical (unpaired) electrons. The predicted octanol–water partition coefficient (Wildman–Crippen LogP) is 4.54. The average Bonchev–Trinajstić information content (AvgIpc) is 3.45. The molecule has 4 N–H and O–H groups in total. The number of nitrogens with two attached hydrogens (primary N) is 1. The number of fused-ring (bicyclic) bond motifs is 2. The number of benzene rings is 1. The number of halogens is 1. The van der Waals surface area contributed by atoms with Gasteiger partial charge in [0.25, 0.3) is 5.91 Å². The van der Waals surface area contributed by atoms with Crippen LogP contribution in [-0.2, 0) is 13.0 Å². The van der Waals surface area contributed by atoms with Gasteiger partial charge >= 0.3 is 0 Å². The third-order valence-electron chi connectivity index (χ3n) is 5.69. The van der Waals surface area contributed by atoms with Crippen LogP contribution in [0.4, 0.5) is 10.2 Å². The summed E-state index contributed by atoms with van der Waals surface area (Å²) in [6, 6.07) is 6.83. The van der Waals surface area contributed by atoms with Crippen LogP contribution in [0.1, 0.15) is 42.7 Å². The molecule has 1 aliphatic rings. The van der Waals surface area contributed by atoms with Crippen LogP contribution in [0.25, 0.3) is 33.5 Å². The molecule has 0 atom stereocenters. The summed E-state index contributed by atoms with van der Waals surface area (Å²) in [5.41, 5.74) is 9.72. The van der Waals surface area contributed by atoms with E-state index in [1.54, 1.807) is 19.2 Å². The number of anilines is 1. The summed E-state index contributed by atoms with van der Waals surface area (Å²) in [6.07, 6.45) is 6.58. The maximum absolute atomic E-state index is 15.1. The Morgan fingerprint density at radius 1 is 1.19 bits per heavy atom. The van der Waals surface area contributed by atoms with Gasteiger partial charge in [-0.3, -0.25) is 4.79 Å². The lowest BCUT2D eigenvalue weighted by atomic mass is 10.1. The van der Waals surface area contributed by atoms with E-state index in [1.807, 2.05) is 26.1 Å². The number of H-pyrrole nitrogens is 1. The van der Waals surface area contributed by atoms with Gasteiger partial charge in [0.2, 0.25) is 0 Å². The number of aryl methyl sites for hydroxylation is 1. The van der Waals surface area contributed by atoms with E-state index in [2.05, 4.69) is 24.8 Å². The largest absolute Gasteiger partial charge is 0.382 e. The Bertz CT molecular complexity index is 1290. The summed E-state index contributed by atoms with van der Waals surface area (Å²) in [4.78, 5) is 23.9. The first-order chi connectivity index (χ1) is 15.6. The fourth-order valence-electron chi connectivity index (χ4n) is 4.14. The number of rotatable bonds is 3. The van der Waals surface area contributed by atoms with Gasteiger partial charge in [-0.05, 0) is 37.5 Å². The van der Waals surface area contributed by atoms with E-state index in [-0.39, 0.29) is 17.5 Å². The molecule has 4 aromatic rings. The zero-order valence-corrected chi connectivity index (χ0v) is 18.5. The lowest BCUT2D eigenvalue weighted by Gasteiger charge is -2.16. The number of hydrogen-bond acceptors (Lipinski definition) is 4. The third-order valence-corrected chi connectivity index (χ3v) is 5.69. The van der Waals surface area contributed by atoms with Gasteiger partial charge in [-0.1, -0.05) is 19.9 Å². The average molecular weight is 435 g/mol. The number of nitrogens with one attached hydrogen (secondary N) is 2. The lowest BCUT2D eigenvalue weighted by Crippen LogP contribution is -2.18. The summed E-state index contributed by atoms with van der Waals surface area (Å²) < 4.78 is 17.3. The first-order valence-corrected chi connectivity index (χ1v) is 10.9. The summed E-state index contributed by atoms with van der Waals surface area (Å²) >= 11 is 0. The van der Waals surface area contributed by atoms with Crippen molar-refractivity contribution in [2.45, 2.75) is 39.7 Å². The van der Waals surface area contributed by atoms with Gasteiger partial charge in [-0.15, -0.1) is 0 Å². The van der Waals surface area contributed by atoms with Crippen molar-refractivity contribution in [3.8, 4) is 22.6 Å². The molecule has 166 valence electrons. The zero-order chi connectivity index (χ0) is 22.8. The van der Waals surface area contributed by atoms with Crippen LogP contribution >= 0.6 is 0 Å². The quantitative estimate of drug-likeness (QED) is 0.441. The second-order valence-corrected chi connectivity index (χ2v) is 7.48. The molecule has 0 saturated heterocycles. The Balaban J connectivity index is 0.00000119. The van der Waals surface area contributed by atoms with Crippen LogP contribution in [0.3, 0.4) is 0 Å². The zero-order valence-electron chi connectivity index (χ0n) is 18.5. The topological polar surface area (TPSA) is 102 Å². The number of imidazole rings is 1. The molecular weight excluding hydrogens is 407 g/mol. The van der Waals surface area contributed by atoms with Crippen LogP contribution in [0, 0.1) is 5.82 Å². The molecular formula is C24H27FN6O. The number of nitrogen functional groups attached to an aromatic ring is 1. The molecule has 0 spiro atoms. The van der Waals surface area contributed by atoms with E-state index in [0.29, 0.717) is 27.7 Å². The molecule has 0 aliphatic carbocycles. The van der Waals surface area contributed by atoms with Crippen molar-refractivity contribution in [1.82, 2.24) is 24.8 Å². The van der Waals surface area contributed by atoms with E-state index < -0.39 is 0 Å². The van der Waals surface area contributed by atoms with Crippen LogP contribution in [0.15, 0.2) is 36.7 Å². The second kappa shape index (κ2) is 8.82. The SMILES string of the molecule is CC.CNC(=O)c1cnc(N)c2[nH]c(-c3ccc(-c4ncc5n4CCCC5)cc3F)cc12. The highest BCUT2D eigenvalue weighted by atomic mass is 19.1. The van der Waals surface area contributed by atoms with Crippen molar-refractivity contribution in [3.63, 3.8) is 0 Å². The molecule has 5 rings (SSSR count). The fourth-order valence-corrected chi connectivity index (χ4v) is 4.14. The minimum Gasteiger partial charge on any atom is -0.382 e. The Labute approximate surface area is 185 Å². The Hall–Kier alpha value is -3.68. The van der Waals surface area contributed by atoms with Crippen LogP contribution in [0.5, 0.6) is 0 Å². The Kier molecular flexibility index (Phi) is 5.94. The molecule has 3 aromatic heterocycles. The second-order valence-electron chi connectivity index (χ2n) is 7.48. The van der Waals surface area contributed by atoms with Crippen molar-refractivity contribution in [2.75, 3.05) is 12.8 Å². The highest BCUT2D eigenvalue weighted by molar-refractivity contribution is 6.09.